The van der Waals surface area contributed by atoms with Gasteiger partial charge in [-0.05, 0) is 24.8 Å². The van der Waals surface area contributed by atoms with Crippen LogP contribution < -0.4 is 0 Å². The fourth-order valence-corrected chi connectivity index (χ4v) is 2.84. The maximum absolute atomic E-state index is 3.79. The molecule has 0 N–H and O–H groups in total. The Bertz CT molecular complexity index is 156. The van der Waals surface area contributed by atoms with Crippen molar-refractivity contribution in [2.24, 2.45) is 11.8 Å². The average Bonchev–Trinajstić information content (AvgIpc) is 2.19. The van der Waals surface area contributed by atoms with Gasteiger partial charge >= 0.3 is 0 Å². The highest BCUT2D eigenvalue weighted by Crippen LogP contribution is 2.24. The molecule has 0 aromatic heterocycles. The highest BCUT2D eigenvalue weighted by molar-refractivity contribution is 9.09. The van der Waals surface area contributed by atoms with Crippen LogP contribution in [0, 0.1) is 11.8 Å². The molecule has 2 atom stereocenters. The van der Waals surface area contributed by atoms with Crippen molar-refractivity contribution < 1.29 is 0 Å². The molecule has 0 amide bonds. The van der Waals surface area contributed by atoms with Gasteiger partial charge in [0.1, 0.15) is 0 Å². The lowest BCUT2D eigenvalue weighted by atomic mass is 9.96. The fraction of sp³-hybridized carbons (Fsp3) is 1.00. The molecule has 1 rings (SSSR count). The van der Waals surface area contributed by atoms with Gasteiger partial charge in [0.25, 0.3) is 0 Å². The van der Waals surface area contributed by atoms with E-state index in [2.05, 4.69) is 41.6 Å². The van der Waals surface area contributed by atoms with E-state index in [1.807, 2.05) is 0 Å². The Balaban J connectivity index is 2.32. The quantitative estimate of drug-likeness (QED) is 0.700. The van der Waals surface area contributed by atoms with Gasteiger partial charge in [-0.15, -0.1) is 0 Å². The van der Waals surface area contributed by atoms with Crippen molar-refractivity contribution in [3.05, 3.63) is 0 Å². The number of likely N-dealkylation sites (tertiary alicyclic amines) is 1. The summed E-state index contributed by atoms with van der Waals surface area (Å²) in [6.45, 7) is 10.8. The third kappa shape index (κ3) is 3.54. The van der Waals surface area contributed by atoms with Gasteiger partial charge in [0.15, 0.2) is 0 Å². The van der Waals surface area contributed by atoms with Gasteiger partial charge in [0.2, 0.25) is 0 Å². The molecule has 1 nitrogen and oxygen atoms in total. The maximum Gasteiger partial charge on any atom is 0.0299 e. The summed E-state index contributed by atoms with van der Waals surface area (Å²) in [5.74, 6) is 1.76. The van der Waals surface area contributed by atoms with Gasteiger partial charge in [-0.3, -0.25) is 0 Å². The Kier molecular flexibility index (Phi) is 5.47. The SMILES string of the molecule is CCC(CC)CN1CCC(C)C(Br)C1. The minimum Gasteiger partial charge on any atom is -0.302 e. The molecule has 2 unspecified atom stereocenters. The van der Waals surface area contributed by atoms with Crippen molar-refractivity contribution >= 4 is 15.9 Å². The van der Waals surface area contributed by atoms with Crippen LogP contribution in [-0.2, 0) is 0 Å². The Labute approximate surface area is 97.4 Å². The molecule has 0 bridgehead atoms. The molecule has 1 saturated heterocycles. The smallest absolute Gasteiger partial charge is 0.0299 e. The highest BCUT2D eigenvalue weighted by atomic mass is 79.9. The first kappa shape index (κ1) is 12.5. The first-order valence-electron chi connectivity index (χ1n) is 6.03. The van der Waals surface area contributed by atoms with Gasteiger partial charge < -0.3 is 4.90 Å². The molecule has 2 heteroatoms. The van der Waals surface area contributed by atoms with E-state index in [0.29, 0.717) is 4.83 Å². The lowest BCUT2D eigenvalue weighted by Crippen LogP contribution is -2.42. The monoisotopic (exact) mass is 261 g/mol. The summed E-state index contributed by atoms with van der Waals surface area (Å²) >= 11 is 3.79. The van der Waals surface area contributed by atoms with E-state index in [-0.39, 0.29) is 0 Å². The topological polar surface area (TPSA) is 3.24 Å². The molecule has 14 heavy (non-hydrogen) atoms. The Morgan fingerprint density at radius 3 is 2.50 bits per heavy atom. The Morgan fingerprint density at radius 2 is 2.00 bits per heavy atom. The molecule has 0 spiro atoms. The molecule has 0 saturated carbocycles. The molecule has 0 aromatic carbocycles. The predicted octanol–water partition coefficient (Wildman–Crippen LogP) is 3.53. The predicted molar refractivity (Wildman–Crippen MR) is 67.0 cm³/mol. The highest BCUT2D eigenvalue weighted by Gasteiger charge is 2.24. The van der Waals surface area contributed by atoms with E-state index in [0.717, 1.165) is 11.8 Å². The molecule has 0 radical (unpaired) electrons. The van der Waals surface area contributed by atoms with Crippen LogP contribution in [0.1, 0.15) is 40.0 Å². The van der Waals surface area contributed by atoms with E-state index < -0.39 is 0 Å². The summed E-state index contributed by atoms with van der Waals surface area (Å²) in [5, 5.41) is 0. The Hall–Kier alpha value is 0.440. The van der Waals surface area contributed by atoms with Crippen LogP contribution in [-0.4, -0.2) is 29.4 Å². The van der Waals surface area contributed by atoms with Gasteiger partial charge in [-0.25, -0.2) is 0 Å². The summed E-state index contributed by atoms with van der Waals surface area (Å²) in [6.07, 6.45) is 4.01. The molecule has 1 aliphatic rings. The van der Waals surface area contributed by atoms with Crippen LogP contribution in [0.5, 0.6) is 0 Å². The van der Waals surface area contributed by atoms with Crippen molar-refractivity contribution in [2.45, 2.75) is 44.9 Å². The zero-order chi connectivity index (χ0) is 10.6. The van der Waals surface area contributed by atoms with Crippen LogP contribution in [0.2, 0.25) is 0 Å². The van der Waals surface area contributed by atoms with Gasteiger partial charge in [0.05, 0.1) is 0 Å². The van der Waals surface area contributed by atoms with Crippen LogP contribution in [0.3, 0.4) is 0 Å². The van der Waals surface area contributed by atoms with Gasteiger partial charge in [0, 0.05) is 17.9 Å². The zero-order valence-corrected chi connectivity index (χ0v) is 11.4. The number of piperidine rings is 1. The summed E-state index contributed by atoms with van der Waals surface area (Å²) in [5.41, 5.74) is 0. The summed E-state index contributed by atoms with van der Waals surface area (Å²) in [7, 11) is 0. The third-order valence-corrected chi connectivity index (χ3v) is 4.81. The molecule has 1 aliphatic heterocycles. The van der Waals surface area contributed by atoms with Crippen LogP contribution >= 0.6 is 15.9 Å². The van der Waals surface area contributed by atoms with Gasteiger partial charge in [-0.1, -0.05) is 49.5 Å². The molecule has 0 aliphatic carbocycles. The van der Waals surface area contributed by atoms with Gasteiger partial charge in [-0.2, -0.15) is 0 Å². The minimum atomic E-state index is 0.714. The van der Waals surface area contributed by atoms with Crippen molar-refractivity contribution in [1.29, 1.82) is 0 Å². The molecule has 84 valence electrons. The number of alkyl halides is 1. The molecule has 1 heterocycles. The summed E-state index contributed by atoms with van der Waals surface area (Å²) < 4.78 is 0. The van der Waals surface area contributed by atoms with Crippen LogP contribution in [0.25, 0.3) is 0 Å². The second-order valence-electron chi connectivity index (χ2n) is 4.72. The van der Waals surface area contributed by atoms with Crippen molar-refractivity contribution in [3.8, 4) is 0 Å². The second kappa shape index (κ2) is 6.12. The number of hydrogen-bond donors (Lipinski definition) is 0. The largest absolute Gasteiger partial charge is 0.302 e. The summed E-state index contributed by atoms with van der Waals surface area (Å²) in [4.78, 5) is 3.35. The van der Waals surface area contributed by atoms with E-state index in [1.165, 1.54) is 38.9 Å². The minimum absolute atomic E-state index is 0.714. The molecular weight excluding hydrogens is 238 g/mol. The standard InChI is InChI=1S/C12H24BrN/c1-4-11(5-2)8-14-7-6-10(3)12(13)9-14/h10-12H,4-9H2,1-3H3. The lowest BCUT2D eigenvalue weighted by Gasteiger charge is -2.36. The third-order valence-electron chi connectivity index (χ3n) is 3.62. The average molecular weight is 262 g/mol. The molecular formula is C12H24BrN. The molecule has 0 aromatic rings. The maximum atomic E-state index is 3.79. The normalized spacial score (nSPS) is 29.8. The summed E-state index contributed by atoms with van der Waals surface area (Å²) in [6, 6.07) is 0. The van der Waals surface area contributed by atoms with E-state index in [4.69, 9.17) is 0 Å². The zero-order valence-electron chi connectivity index (χ0n) is 9.80. The lowest BCUT2D eigenvalue weighted by molar-refractivity contribution is 0.170. The number of nitrogens with zero attached hydrogens (tertiary/aromatic N) is 1. The van der Waals surface area contributed by atoms with Crippen molar-refractivity contribution in [1.82, 2.24) is 4.90 Å². The molecule has 1 fully saturated rings. The number of hydrogen-bond acceptors (Lipinski definition) is 1. The van der Waals surface area contributed by atoms with Crippen molar-refractivity contribution in [2.75, 3.05) is 19.6 Å². The van der Waals surface area contributed by atoms with Crippen LogP contribution in [0.15, 0.2) is 0 Å². The van der Waals surface area contributed by atoms with Crippen LogP contribution in [0.4, 0.5) is 0 Å². The number of halogens is 1. The van der Waals surface area contributed by atoms with E-state index in [1.54, 1.807) is 0 Å². The Morgan fingerprint density at radius 1 is 1.36 bits per heavy atom. The van der Waals surface area contributed by atoms with E-state index >= 15 is 0 Å². The second-order valence-corrected chi connectivity index (χ2v) is 5.90. The first-order chi connectivity index (χ1) is 6.67. The fourth-order valence-electron chi connectivity index (χ4n) is 2.16. The number of rotatable bonds is 4. The van der Waals surface area contributed by atoms with E-state index in [9.17, 15) is 0 Å². The first-order valence-corrected chi connectivity index (χ1v) is 6.95. The van der Waals surface area contributed by atoms with Crippen molar-refractivity contribution in [3.63, 3.8) is 0 Å².